The van der Waals surface area contributed by atoms with Gasteiger partial charge in [0.05, 0.1) is 5.02 Å². The first kappa shape index (κ1) is 23.6. The van der Waals surface area contributed by atoms with E-state index in [-0.39, 0.29) is 41.6 Å². The number of nitrogens with one attached hydrogen (secondary N) is 2. The van der Waals surface area contributed by atoms with Gasteiger partial charge in [-0.2, -0.15) is 0 Å². The summed E-state index contributed by atoms with van der Waals surface area (Å²) in [6, 6.07) is 7.38. The van der Waals surface area contributed by atoms with E-state index >= 15 is 0 Å². The monoisotopic (exact) mass is 464 g/mol. The summed E-state index contributed by atoms with van der Waals surface area (Å²) in [6.45, 7) is 5.13. The number of nitrogens with zero attached hydrogens (tertiary/aromatic N) is 1. The van der Waals surface area contributed by atoms with E-state index in [0.29, 0.717) is 18.6 Å². The summed E-state index contributed by atoms with van der Waals surface area (Å²) in [7, 11) is 0. The molecule has 0 aliphatic heterocycles. The first-order chi connectivity index (χ1) is 15.0. The molecule has 1 aromatic heterocycles. The Morgan fingerprint density at radius 1 is 1.09 bits per heavy atom. The second-order valence-electron chi connectivity index (χ2n) is 8.56. The normalized spacial score (nSPS) is 21.9. The van der Waals surface area contributed by atoms with Crippen molar-refractivity contribution in [1.29, 1.82) is 0 Å². The van der Waals surface area contributed by atoms with Crippen LogP contribution in [0.5, 0.6) is 11.5 Å². The molecule has 1 aliphatic rings. The number of ether oxygens (including phenoxy) is 2. The van der Waals surface area contributed by atoms with Crippen LogP contribution >= 0.6 is 11.6 Å². The molecule has 32 heavy (non-hydrogen) atoms. The lowest BCUT2D eigenvalue weighted by Crippen LogP contribution is -2.69. The van der Waals surface area contributed by atoms with E-state index in [9.17, 15) is 14.0 Å². The van der Waals surface area contributed by atoms with E-state index in [1.54, 1.807) is 12.1 Å². The highest BCUT2D eigenvalue weighted by atomic mass is 35.5. The number of hydrogen-bond donors (Lipinski definition) is 3. The number of nitrogen functional groups attached to an aromatic ring is 1. The van der Waals surface area contributed by atoms with Crippen LogP contribution in [-0.4, -0.2) is 41.1 Å². The molecular weight excluding hydrogens is 439 g/mol. The summed E-state index contributed by atoms with van der Waals surface area (Å²) in [5.74, 6) is -0.473. The number of nitrogens with two attached hydrogens (primary N) is 1. The third kappa shape index (κ3) is 6.00. The molecule has 1 heterocycles. The third-order valence-electron chi connectivity index (χ3n) is 5.09. The van der Waals surface area contributed by atoms with Crippen LogP contribution in [0.4, 0.5) is 10.2 Å². The second kappa shape index (κ2) is 9.20. The molecule has 0 atom stereocenters. The van der Waals surface area contributed by atoms with E-state index in [0.717, 1.165) is 11.8 Å². The molecule has 2 amide bonds. The van der Waals surface area contributed by atoms with Gasteiger partial charge in [0, 0.05) is 22.8 Å². The van der Waals surface area contributed by atoms with Gasteiger partial charge in [-0.25, -0.2) is 9.37 Å². The number of aryl methyl sites for hydroxylation is 1. The summed E-state index contributed by atoms with van der Waals surface area (Å²) in [6.07, 6.45) is 1.06. The number of carbonyl (C=O) groups is 2. The minimum atomic E-state index is -0.618. The molecule has 0 bridgehead atoms. The summed E-state index contributed by atoms with van der Waals surface area (Å²) >= 11 is 5.63. The fraction of sp³-hybridized carbons (Fsp3) is 0.409. The highest BCUT2D eigenvalue weighted by molar-refractivity contribution is 6.30. The molecule has 0 unspecified atom stereocenters. The fourth-order valence-corrected chi connectivity index (χ4v) is 4.26. The zero-order chi connectivity index (χ0) is 23.5. The number of hydrogen-bond acceptors (Lipinski definition) is 6. The Morgan fingerprint density at radius 3 is 2.25 bits per heavy atom. The third-order valence-corrected chi connectivity index (χ3v) is 5.39. The predicted octanol–water partition coefficient (Wildman–Crippen LogP) is 2.77. The Balaban J connectivity index is 1.42. The van der Waals surface area contributed by atoms with Crippen molar-refractivity contribution in [2.45, 2.75) is 44.7 Å². The van der Waals surface area contributed by atoms with Crippen LogP contribution in [0.25, 0.3) is 0 Å². The van der Waals surface area contributed by atoms with Gasteiger partial charge in [0.25, 0.3) is 11.8 Å². The van der Waals surface area contributed by atoms with Crippen LogP contribution in [0.15, 0.2) is 30.3 Å². The van der Waals surface area contributed by atoms with Gasteiger partial charge >= 0.3 is 0 Å². The first-order valence-electron chi connectivity index (χ1n) is 10.0. The number of aromatic nitrogens is 1. The van der Waals surface area contributed by atoms with Gasteiger partial charge in [0.2, 0.25) is 0 Å². The number of carbonyl (C=O) groups excluding carboxylic acids is 2. The van der Waals surface area contributed by atoms with Gasteiger partial charge in [0.15, 0.2) is 24.8 Å². The Kier molecular flexibility index (Phi) is 6.78. The van der Waals surface area contributed by atoms with Crippen LogP contribution in [0.1, 0.15) is 32.4 Å². The highest BCUT2D eigenvalue weighted by Gasteiger charge is 2.50. The zero-order valence-electron chi connectivity index (χ0n) is 18.1. The van der Waals surface area contributed by atoms with Gasteiger partial charge in [0.1, 0.15) is 11.6 Å². The number of benzene rings is 1. The molecule has 3 rings (SSSR count). The lowest BCUT2D eigenvalue weighted by molar-refractivity contribution is -0.129. The molecule has 0 radical (unpaired) electrons. The number of halogens is 2. The maximum atomic E-state index is 13.4. The maximum absolute atomic E-state index is 13.4. The topological polar surface area (TPSA) is 116 Å². The molecule has 0 spiro atoms. The van der Waals surface area contributed by atoms with Crippen molar-refractivity contribution in [3.63, 3.8) is 0 Å². The molecule has 8 nitrogen and oxygen atoms in total. The quantitative estimate of drug-likeness (QED) is 0.553. The number of anilines is 1. The van der Waals surface area contributed by atoms with Gasteiger partial charge in [-0.15, -0.1) is 0 Å². The fourth-order valence-electron chi connectivity index (χ4n) is 4.14. The Morgan fingerprint density at radius 2 is 1.69 bits per heavy atom. The Bertz CT molecular complexity index is 1030. The molecule has 172 valence electrons. The van der Waals surface area contributed by atoms with Crippen LogP contribution in [0.2, 0.25) is 5.02 Å². The molecule has 1 fully saturated rings. The lowest BCUT2D eigenvalue weighted by Gasteiger charge is -2.53. The molecule has 4 N–H and O–H groups in total. The first-order valence-corrected chi connectivity index (χ1v) is 10.4. The number of rotatable bonds is 8. The zero-order valence-corrected chi connectivity index (χ0v) is 18.9. The van der Waals surface area contributed by atoms with Crippen molar-refractivity contribution in [3.05, 3.63) is 46.9 Å². The van der Waals surface area contributed by atoms with E-state index < -0.39 is 16.9 Å². The van der Waals surface area contributed by atoms with Gasteiger partial charge in [-0.05, 0) is 57.9 Å². The van der Waals surface area contributed by atoms with Crippen molar-refractivity contribution in [1.82, 2.24) is 15.6 Å². The summed E-state index contributed by atoms with van der Waals surface area (Å²) < 4.78 is 24.2. The molecule has 1 aromatic carbocycles. The van der Waals surface area contributed by atoms with E-state index in [2.05, 4.69) is 15.6 Å². The van der Waals surface area contributed by atoms with Crippen molar-refractivity contribution >= 4 is 29.2 Å². The van der Waals surface area contributed by atoms with Crippen LogP contribution in [0, 0.1) is 12.7 Å². The average Bonchev–Trinajstić information content (AvgIpc) is 2.66. The minimum Gasteiger partial charge on any atom is -0.484 e. The average molecular weight is 465 g/mol. The standard InChI is InChI=1S/C22H26ClFN4O4/c1-13-4-7-17(20(25)26-13)32-10-19(30)28-22(3)11-21(2,12-22)27-18(29)9-31-14-5-6-15(23)16(24)8-14/h4-8H,9-12H2,1-3H3,(H2,25,26)(H,27,29)(H,28,30). The largest absolute Gasteiger partial charge is 0.484 e. The van der Waals surface area contributed by atoms with E-state index in [4.69, 9.17) is 26.8 Å². The minimum absolute atomic E-state index is 0.0190. The van der Waals surface area contributed by atoms with E-state index in [1.807, 2.05) is 20.8 Å². The highest BCUT2D eigenvalue weighted by Crippen LogP contribution is 2.40. The molecular formula is C22H26ClFN4O4. The van der Waals surface area contributed by atoms with Crippen LogP contribution in [0.3, 0.4) is 0 Å². The van der Waals surface area contributed by atoms with Gasteiger partial charge < -0.3 is 25.8 Å². The second-order valence-corrected chi connectivity index (χ2v) is 8.97. The lowest BCUT2D eigenvalue weighted by atomic mass is 9.64. The predicted molar refractivity (Wildman–Crippen MR) is 118 cm³/mol. The van der Waals surface area contributed by atoms with Gasteiger partial charge in [-0.3, -0.25) is 9.59 Å². The number of pyridine rings is 1. The van der Waals surface area contributed by atoms with Crippen molar-refractivity contribution in [2.75, 3.05) is 18.9 Å². The Labute approximate surface area is 190 Å². The van der Waals surface area contributed by atoms with Crippen LogP contribution in [-0.2, 0) is 9.59 Å². The molecule has 1 saturated carbocycles. The van der Waals surface area contributed by atoms with Crippen molar-refractivity contribution < 1.29 is 23.5 Å². The van der Waals surface area contributed by atoms with Crippen LogP contribution < -0.4 is 25.8 Å². The molecule has 1 aliphatic carbocycles. The number of amides is 2. The summed E-state index contributed by atoms with van der Waals surface area (Å²) in [5.41, 5.74) is 5.56. The van der Waals surface area contributed by atoms with Gasteiger partial charge in [-0.1, -0.05) is 11.6 Å². The molecule has 0 saturated heterocycles. The summed E-state index contributed by atoms with van der Waals surface area (Å²) in [5, 5.41) is 5.81. The van der Waals surface area contributed by atoms with E-state index in [1.165, 1.54) is 12.1 Å². The van der Waals surface area contributed by atoms with Crippen molar-refractivity contribution in [3.8, 4) is 11.5 Å². The molecule has 10 heteroatoms. The van der Waals surface area contributed by atoms with Crippen molar-refractivity contribution in [2.24, 2.45) is 0 Å². The maximum Gasteiger partial charge on any atom is 0.258 e. The smallest absolute Gasteiger partial charge is 0.258 e. The molecule has 2 aromatic rings. The SMILES string of the molecule is Cc1ccc(OCC(=O)NC2(C)CC(C)(NC(=O)COc3ccc(Cl)c(F)c3)C2)c(N)n1. The summed E-state index contributed by atoms with van der Waals surface area (Å²) in [4.78, 5) is 28.6. The Hall–Kier alpha value is -3.07.